The lowest BCUT2D eigenvalue weighted by Crippen LogP contribution is -2.31. The molecule has 1 aliphatic heterocycles. The Morgan fingerprint density at radius 2 is 2.00 bits per heavy atom. The average molecular weight is 171 g/mol. The minimum Gasteiger partial charge on any atom is -0.444 e. The van der Waals surface area contributed by atoms with Gasteiger partial charge in [0.25, 0.3) is 0 Å². The normalized spacial score (nSPS) is 28.3. The monoisotopic (exact) mass is 171 g/mol. The van der Waals surface area contributed by atoms with Crippen LogP contribution in [0.25, 0.3) is 0 Å². The fourth-order valence-electron chi connectivity index (χ4n) is 1.61. The average Bonchev–Trinajstić information content (AvgIpc) is 2.33. The van der Waals surface area contributed by atoms with Crippen LogP contribution in [-0.4, -0.2) is 18.2 Å². The van der Waals surface area contributed by atoms with Gasteiger partial charge in [-0.05, 0) is 12.8 Å². The second-order valence-electron chi connectivity index (χ2n) is 3.27. The van der Waals surface area contributed by atoms with Crippen LogP contribution in [0, 0.1) is 0 Å². The predicted molar refractivity (Wildman–Crippen MR) is 47.0 cm³/mol. The lowest BCUT2D eigenvalue weighted by Gasteiger charge is -2.14. The fraction of sp³-hybridized carbons (Fsp3) is 0.889. The van der Waals surface area contributed by atoms with Gasteiger partial charge in [-0.15, -0.1) is 0 Å². The third-order valence-electron chi connectivity index (χ3n) is 2.18. The second kappa shape index (κ2) is 4.33. The van der Waals surface area contributed by atoms with Crippen molar-refractivity contribution in [3.8, 4) is 0 Å². The predicted octanol–water partition coefficient (Wildman–Crippen LogP) is 2.06. The van der Waals surface area contributed by atoms with E-state index in [-0.39, 0.29) is 18.2 Å². The molecule has 1 N–H and O–H groups in total. The van der Waals surface area contributed by atoms with Crippen LogP contribution < -0.4 is 5.32 Å². The van der Waals surface area contributed by atoms with E-state index in [1.807, 2.05) is 0 Å². The van der Waals surface area contributed by atoms with Gasteiger partial charge in [0.15, 0.2) is 0 Å². The van der Waals surface area contributed by atoms with Gasteiger partial charge < -0.3 is 10.1 Å². The van der Waals surface area contributed by atoms with Crippen LogP contribution in [0.3, 0.4) is 0 Å². The number of alkyl carbamates (subject to hydrolysis) is 1. The summed E-state index contributed by atoms with van der Waals surface area (Å²) in [6, 6.07) is 0.252. The highest BCUT2D eigenvalue weighted by atomic mass is 16.6. The molecule has 1 aliphatic rings. The van der Waals surface area contributed by atoms with Crippen LogP contribution in [-0.2, 0) is 4.74 Å². The quantitative estimate of drug-likeness (QED) is 0.703. The SMILES string of the molecule is CCC[C@H]1NC(=O)O[C@@H]1CCC. The van der Waals surface area contributed by atoms with E-state index in [4.69, 9.17) is 4.74 Å². The van der Waals surface area contributed by atoms with Crippen LogP contribution in [0.2, 0.25) is 0 Å². The van der Waals surface area contributed by atoms with E-state index in [9.17, 15) is 4.79 Å². The van der Waals surface area contributed by atoms with Gasteiger partial charge in [-0.2, -0.15) is 0 Å². The first-order valence-corrected chi connectivity index (χ1v) is 4.75. The summed E-state index contributed by atoms with van der Waals surface area (Å²) >= 11 is 0. The Kier molecular flexibility index (Phi) is 3.38. The maximum atomic E-state index is 10.9. The molecular weight excluding hydrogens is 154 g/mol. The number of ether oxygens (including phenoxy) is 1. The van der Waals surface area contributed by atoms with Crippen LogP contribution in [0.4, 0.5) is 4.79 Å². The topological polar surface area (TPSA) is 38.3 Å². The summed E-state index contributed by atoms with van der Waals surface area (Å²) in [5.74, 6) is 0. The molecule has 0 saturated carbocycles. The third kappa shape index (κ3) is 2.13. The van der Waals surface area contributed by atoms with Crippen molar-refractivity contribution >= 4 is 6.09 Å². The molecule has 1 amide bonds. The zero-order valence-corrected chi connectivity index (χ0v) is 7.80. The number of cyclic esters (lactones) is 1. The maximum Gasteiger partial charge on any atom is 0.407 e. The molecule has 1 saturated heterocycles. The molecule has 0 aromatic heterocycles. The lowest BCUT2D eigenvalue weighted by atomic mass is 10.0. The number of rotatable bonds is 4. The summed E-state index contributed by atoms with van der Waals surface area (Å²) in [5, 5.41) is 2.83. The summed E-state index contributed by atoms with van der Waals surface area (Å²) in [7, 11) is 0. The molecule has 0 aromatic carbocycles. The van der Waals surface area contributed by atoms with Gasteiger partial charge in [-0.3, -0.25) is 0 Å². The standard InChI is InChI=1S/C9H17NO2/c1-3-5-7-8(6-4-2)12-9(11)10-7/h7-8H,3-6H2,1-2H3,(H,10,11)/t7-,8-/m1/s1. The van der Waals surface area contributed by atoms with Crippen molar-refractivity contribution < 1.29 is 9.53 Å². The van der Waals surface area contributed by atoms with E-state index in [2.05, 4.69) is 19.2 Å². The maximum absolute atomic E-state index is 10.9. The Morgan fingerprint density at radius 1 is 1.33 bits per heavy atom. The van der Waals surface area contributed by atoms with Crippen LogP contribution in [0.15, 0.2) is 0 Å². The van der Waals surface area contributed by atoms with E-state index in [1.165, 1.54) is 0 Å². The van der Waals surface area contributed by atoms with E-state index >= 15 is 0 Å². The molecule has 0 aliphatic carbocycles. The Labute approximate surface area is 73.5 Å². The molecule has 12 heavy (non-hydrogen) atoms. The Hall–Kier alpha value is -0.730. The number of hydrogen-bond donors (Lipinski definition) is 1. The third-order valence-corrected chi connectivity index (χ3v) is 2.18. The number of nitrogens with one attached hydrogen (secondary N) is 1. The summed E-state index contributed by atoms with van der Waals surface area (Å²) in [6.45, 7) is 4.22. The van der Waals surface area contributed by atoms with Crippen LogP contribution >= 0.6 is 0 Å². The Balaban J connectivity index is 2.41. The molecular formula is C9H17NO2. The van der Waals surface area contributed by atoms with Gasteiger partial charge >= 0.3 is 6.09 Å². The molecule has 3 heteroatoms. The zero-order chi connectivity index (χ0) is 8.97. The number of amides is 1. The fourth-order valence-corrected chi connectivity index (χ4v) is 1.61. The minimum atomic E-state index is -0.244. The summed E-state index contributed by atoms with van der Waals surface area (Å²) in [4.78, 5) is 10.9. The first kappa shape index (κ1) is 9.36. The van der Waals surface area contributed by atoms with Crippen molar-refractivity contribution in [2.75, 3.05) is 0 Å². The van der Waals surface area contributed by atoms with Gasteiger partial charge in [0.05, 0.1) is 6.04 Å². The summed E-state index contributed by atoms with van der Waals surface area (Å²) < 4.78 is 5.12. The molecule has 0 spiro atoms. The Morgan fingerprint density at radius 3 is 2.58 bits per heavy atom. The van der Waals surface area contributed by atoms with Gasteiger partial charge in [0.1, 0.15) is 6.10 Å². The largest absolute Gasteiger partial charge is 0.444 e. The summed E-state index contributed by atoms with van der Waals surface area (Å²) in [5.41, 5.74) is 0. The number of carbonyl (C=O) groups excluding carboxylic acids is 1. The zero-order valence-electron chi connectivity index (χ0n) is 7.80. The van der Waals surface area contributed by atoms with Crippen LogP contribution in [0.1, 0.15) is 39.5 Å². The smallest absolute Gasteiger partial charge is 0.407 e. The molecule has 1 heterocycles. The van der Waals surface area contributed by atoms with Crippen molar-refractivity contribution in [2.24, 2.45) is 0 Å². The van der Waals surface area contributed by atoms with E-state index in [1.54, 1.807) is 0 Å². The van der Waals surface area contributed by atoms with E-state index < -0.39 is 0 Å². The first-order chi connectivity index (χ1) is 5.77. The highest BCUT2D eigenvalue weighted by Crippen LogP contribution is 2.17. The van der Waals surface area contributed by atoms with Gasteiger partial charge in [0.2, 0.25) is 0 Å². The summed E-state index contributed by atoms with van der Waals surface area (Å²) in [6.07, 6.45) is 4.03. The molecule has 1 fully saturated rings. The van der Waals surface area contributed by atoms with Crippen LogP contribution in [0.5, 0.6) is 0 Å². The van der Waals surface area contributed by atoms with Crippen molar-refractivity contribution in [1.82, 2.24) is 5.32 Å². The molecule has 0 aromatic rings. The Bertz CT molecular complexity index is 143. The molecule has 0 unspecified atom stereocenters. The van der Waals surface area contributed by atoms with Gasteiger partial charge in [0, 0.05) is 0 Å². The van der Waals surface area contributed by atoms with Crippen molar-refractivity contribution in [3.63, 3.8) is 0 Å². The van der Waals surface area contributed by atoms with Crippen molar-refractivity contribution in [1.29, 1.82) is 0 Å². The molecule has 1 rings (SSSR count). The number of hydrogen-bond acceptors (Lipinski definition) is 2. The lowest BCUT2D eigenvalue weighted by molar-refractivity contribution is 0.124. The molecule has 0 radical (unpaired) electrons. The van der Waals surface area contributed by atoms with Gasteiger partial charge in [-0.1, -0.05) is 26.7 Å². The second-order valence-corrected chi connectivity index (χ2v) is 3.27. The molecule has 70 valence electrons. The molecule has 0 bridgehead atoms. The van der Waals surface area contributed by atoms with E-state index in [0.717, 1.165) is 25.7 Å². The molecule has 2 atom stereocenters. The van der Waals surface area contributed by atoms with Crippen molar-refractivity contribution in [3.05, 3.63) is 0 Å². The van der Waals surface area contributed by atoms with Crippen molar-refractivity contribution in [2.45, 2.75) is 51.7 Å². The highest BCUT2D eigenvalue weighted by Gasteiger charge is 2.31. The minimum absolute atomic E-state index is 0.113. The highest BCUT2D eigenvalue weighted by molar-refractivity contribution is 5.70. The first-order valence-electron chi connectivity index (χ1n) is 4.75. The van der Waals surface area contributed by atoms with Gasteiger partial charge in [-0.25, -0.2) is 4.79 Å². The number of carbonyl (C=O) groups is 1. The molecule has 3 nitrogen and oxygen atoms in total. The van der Waals surface area contributed by atoms with E-state index in [0.29, 0.717) is 0 Å².